The molecule has 2 N–H and O–H groups in total. The summed E-state index contributed by atoms with van der Waals surface area (Å²) in [5.74, 6) is -0.211. The molecule has 0 aliphatic heterocycles. The summed E-state index contributed by atoms with van der Waals surface area (Å²) in [6, 6.07) is 11.6. The lowest BCUT2D eigenvalue weighted by Crippen LogP contribution is -2.24. The first-order chi connectivity index (χ1) is 9.69. The maximum atomic E-state index is 11.8. The molecule has 1 aromatic carbocycles. The van der Waals surface area contributed by atoms with E-state index in [1.165, 1.54) is 5.56 Å². The lowest BCUT2D eigenvalue weighted by Gasteiger charge is -2.08. The van der Waals surface area contributed by atoms with Crippen LogP contribution in [0.5, 0.6) is 0 Å². The third kappa shape index (κ3) is 3.68. The number of nitrogens with zero attached hydrogens (tertiary/aromatic N) is 1. The number of amides is 1. The van der Waals surface area contributed by atoms with Gasteiger partial charge >= 0.3 is 0 Å². The van der Waals surface area contributed by atoms with Crippen LogP contribution < -0.4 is 10.6 Å². The van der Waals surface area contributed by atoms with Crippen molar-refractivity contribution in [3.05, 3.63) is 66.5 Å². The molecule has 4 heteroatoms. The Morgan fingerprint density at radius 3 is 2.70 bits per heavy atom. The largest absolute Gasteiger partial charge is 0.355 e. The van der Waals surface area contributed by atoms with E-state index in [4.69, 9.17) is 0 Å². The van der Waals surface area contributed by atoms with Crippen LogP contribution in [0.25, 0.3) is 0 Å². The molecule has 0 spiro atoms. The summed E-state index contributed by atoms with van der Waals surface area (Å²) in [5, 5.41) is 5.94. The van der Waals surface area contributed by atoms with Crippen LogP contribution in [0.3, 0.4) is 0 Å². The molecule has 1 heterocycles. The van der Waals surface area contributed by atoms with Crippen molar-refractivity contribution in [2.24, 2.45) is 0 Å². The van der Waals surface area contributed by atoms with Crippen LogP contribution in [0.15, 0.2) is 55.3 Å². The van der Waals surface area contributed by atoms with Crippen molar-refractivity contribution in [1.29, 1.82) is 0 Å². The van der Waals surface area contributed by atoms with Gasteiger partial charge in [0.25, 0.3) is 5.91 Å². The molecular weight excluding hydrogens is 250 g/mol. The Hall–Kier alpha value is -2.62. The van der Waals surface area contributed by atoms with E-state index in [0.29, 0.717) is 12.2 Å². The van der Waals surface area contributed by atoms with Crippen molar-refractivity contribution in [3.63, 3.8) is 0 Å². The Balaban J connectivity index is 2.11. The Kier molecular flexibility index (Phi) is 4.50. The van der Waals surface area contributed by atoms with Gasteiger partial charge in [0.2, 0.25) is 0 Å². The minimum atomic E-state index is -0.211. The van der Waals surface area contributed by atoms with Crippen molar-refractivity contribution >= 4 is 17.3 Å². The van der Waals surface area contributed by atoms with E-state index in [-0.39, 0.29) is 5.91 Å². The highest BCUT2D eigenvalue weighted by Gasteiger charge is 2.06. The number of benzene rings is 1. The second kappa shape index (κ2) is 6.52. The third-order valence-electron chi connectivity index (χ3n) is 2.74. The summed E-state index contributed by atoms with van der Waals surface area (Å²) < 4.78 is 0. The van der Waals surface area contributed by atoms with Gasteiger partial charge in [0.05, 0.1) is 0 Å². The van der Waals surface area contributed by atoms with Crippen LogP contribution >= 0.6 is 0 Å². The quantitative estimate of drug-likeness (QED) is 0.819. The smallest absolute Gasteiger partial charge is 0.270 e. The summed E-state index contributed by atoms with van der Waals surface area (Å²) in [6.45, 7) is 6.03. The van der Waals surface area contributed by atoms with E-state index in [2.05, 4.69) is 22.2 Å². The van der Waals surface area contributed by atoms with E-state index < -0.39 is 0 Å². The minimum Gasteiger partial charge on any atom is -0.355 e. The van der Waals surface area contributed by atoms with Gasteiger partial charge in [-0.1, -0.05) is 23.8 Å². The molecule has 0 atom stereocenters. The van der Waals surface area contributed by atoms with Crippen molar-refractivity contribution < 1.29 is 4.79 Å². The molecule has 0 aliphatic carbocycles. The molecule has 0 saturated carbocycles. The normalized spacial score (nSPS) is 9.85. The summed E-state index contributed by atoms with van der Waals surface area (Å²) in [5.41, 5.74) is 3.38. The molecule has 0 aliphatic rings. The summed E-state index contributed by atoms with van der Waals surface area (Å²) in [4.78, 5) is 15.9. The van der Waals surface area contributed by atoms with Crippen LogP contribution in [0.4, 0.5) is 11.4 Å². The van der Waals surface area contributed by atoms with Crippen molar-refractivity contribution in [1.82, 2.24) is 10.3 Å². The number of hydrogen-bond donors (Lipinski definition) is 2. The molecule has 0 saturated heterocycles. The first-order valence-corrected chi connectivity index (χ1v) is 6.38. The predicted molar refractivity (Wildman–Crippen MR) is 81.2 cm³/mol. The van der Waals surface area contributed by atoms with Gasteiger partial charge < -0.3 is 10.6 Å². The standard InChI is InChI=1S/C16H17N3O/c1-3-9-18-16(20)15-11-14(8-10-17-15)19-13-6-4-12(2)5-7-13/h3-8,10-11H,1,9H2,2H3,(H,17,19)(H,18,20). The number of rotatable bonds is 5. The van der Waals surface area contributed by atoms with Gasteiger partial charge in [0.15, 0.2) is 0 Å². The van der Waals surface area contributed by atoms with Crippen LogP contribution in [0.2, 0.25) is 0 Å². The second-order valence-electron chi connectivity index (χ2n) is 4.42. The molecule has 1 amide bonds. The van der Waals surface area contributed by atoms with E-state index in [9.17, 15) is 4.79 Å². The first kappa shape index (κ1) is 13.8. The molecule has 0 bridgehead atoms. The maximum absolute atomic E-state index is 11.8. The van der Waals surface area contributed by atoms with Crippen molar-refractivity contribution in [2.45, 2.75) is 6.92 Å². The molecule has 0 radical (unpaired) electrons. The zero-order valence-corrected chi connectivity index (χ0v) is 11.4. The number of carbonyl (C=O) groups excluding carboxylic acids is 1. The van der Waals surface area contributed by atoms with Gasteiger partial charge in [0, 0.05) is 24.1 Å². The fourth-order valence-electron chi connectivity index (χ4n) is 1.69. The number of pyridine rings is 1. The predicted octanol–water partition coefficient (Wildman–Crippen LogP) is 3.05. The first-order valence-electron chi connectivity index (χ1n) is 6.38. The summed E-state index contributed by atoms with van der Waals surface area (Å²) >= 11 is 0. The zero-order valence-electron chi connectivity index (χ0n) is 11.4. The van der Waals surface area contributed by atoms with E-state index in [1.54, 1.807) is 18.3 Å². The van der Waals surface area contributed by atoms with Crippen molar-refractivity contribution in [2.75, 3.05) is 11.9 Å². The van der Waals surface area contributed by atoms with Crippen LogP contribution in [-0.2, 0) is 0 Å². The number of anilines is 2. The summed E-state index contributed by atoms with van der Waals surface area (Å²) in [6.07, 6.45) is 3.24. The highest BCUT2D eigenvalue weighted by Crippen LogP contribution is 2.17. The van der Waals surface area contributed by atoms with Gasteiger partial charge in [0.1, 0.15) is 5.69 Å². The Morgan fingerprint density at radius 1 is 1.25 bits per heavy atom. The van der Waals surface area contributed by atoms with Crippen LogP contribution in [-0.4, -0.2) is 17.4 Å². The lowest BCUT2D eigenvalue weighted by molar-refractivity contribution is 0.0953. The maximum Gasteiger partial charge on any atom is 0.270 e. The van der Waals surface area contributed by atoms with Gasteiger partial charge in [-0.05, 0) is 31.2 Å². The number of hydrogen-bond acceptors (Lipinski definition) is 3. The summed E-state index contributed by atoms with van der Waals surface area (Å²) in [7, 11) is 0. The molecule has 2 aromatic rings. The minimum absolute atomic E-state index is 0.211. The number of nitrogens with one attached hydrogen (secondary N) is 2. The number of carbonyl (C=O) groups is 1. The van der Waals surface area contributed by atoms with Gasteiger partial charge in [-0.2, -0.15) is 0 Å². The molecule has 0 unspecified atom stereocenters. The molecule has 0 fully saturated rings. The Bertz CT molecular complexity index is 605. The molecular formula is C16H17N3O. The average molecular weight is 267 g/mol. The monoisotopic (exact) mass is 267 g/mol. The van der Waals surface area contributed by atoms with E-state index in [0.717, 1.165) is 11.4 Å². The molecule has 4 nitrogen and oxygen atoms in total. The van der Waals surface area contributed by atoms with E-state index in [1.807, 2.05) is 37.3 Å². The van der Waals surface area contributed by atoms with Gasteiger partial charge in [-0.15, -0.1) is 6.58 Å². The second-order valence-corrected chi connectivity index (χ2v) is 4.42. The fourth-order valence-corrected chi connectivity index (χ4v) is 1.69. The van der Waals surface area contributed by atoms with Crippen LogP contribution in [0.1, 0.15) is 16.1 Å². The zero-order chi connectivity index (χ0) is 14.4. The Labute approximate surface area is 118 Å². The molecule has 102 valence electrons. The van der Waals surface area contributed by atoms with Gasteiger partial charge in [-0.3, -0.25) is 9.78 Å². The average Bonchev–Trinajstić information content (AvgIpc) is 2.47. The van der Waals surface area contributed by atoms with Crippen molar-refractivity contribution in [3.8, 4) is 0 Å². The van der Waals surface area contributed by atoms with Gasteiger partial charge in [-0.25, -0.2) is 0 Å². The highest BCUT2D eigenvalue weighted by atomic mass is 16.1. The molecule has 20 heavy (non-hydrogen) atoms. The molecule has 1 aromatic heterocycles. The van der Waals surface area contributed by atoms with Crippen LogP contribution in [0, 0.1) is 6.92 Å². The SMILES string of the molecule is C=CCNC(=O)c1cc(Nc2ccc(C)cc2)ccn1. The number of aromatic nitrogens is 1. The molecule has 2 rings (SSSR count). The Morgan fingerprint density at radius 2 is 2.00 bits per heavy atom. The third-order valence-corrected chi connectivity index (χ3v) is 2.74. The number of aryl methyl sites for hydroxylation is 1. The fraction of sp³-hybridized carbons (Fsp3) is 0.125. The highest BCUT2D eigenvalue weighted by molar-refractivity contribution is 5.93. The van der Waals surface area contributed by atoms with E-state index >= 15 is 0 Å². The lowest BCUT2D eigenvalue weighted by atomic mass is 10.2. The topological polar surface area (TPSA) is 54.0 Å².